The number of thiophene rings is 2. The van der Waals surface area contributed by atoms with Gasteiger partial charge < -0.3 is 10.1 Å². The van der Waals surface area contributed by atoms with Gasteiger partial charge in [0.25, 0.3) is 5.91 Å². The molecule has 0 fully saturated rings. The average molecular weight is 401 g/mol. The third kappa shape index (κ3) is 5.60. The molecule has 3 rings (SSSR count). The van der Waals surface area contributed by atoms with Crippen molar-refractivity contribution in [1.29, 1.82) is 0 Å². The topological polar surface area (TPSA) is 55.4 Å². The smallest absolute Gasteiger partial charge is 0.331 e. The molecule has 0 aliphatic heterocycles. The van der Waals surface area contributed by atoms with E-state index in [9.17, 15) is 14.0 Å². The maximum absolute atomic E-state index is 13.2. The maximum atomic E-state index is 13.2. The molecule has 0 spiro atoms. The van der Waals surface area contributed by atoms with Crippen molar-refractivity contribution in [2.24, 2.45) is 0 Å². The summed E-state index contributed by atoms with van der Waals surface area (Å²) in [6, 6.07) is 13.0. The van der Waals surface area contributed by atoms with Gasteiger partial charge in [0, 0.05) is 15.8 Å². The SMILES string of the molecule is O=C(COC(=O)/C=C/c1cccs1)N[C@H](c1ccc(F)cc1)c1cccs1. The second-order valence-corrected chi connectivity index (χ2v) is 7.48. The molecule has 1 N–H and O–H groups in total. The molecule has 0 saturated carbocycles. The molecule has 2 heterocycles. The average Bonchev–Trinajstić information content (AvgIpc) is 3.37. The number of esters is 1. The van der Waals surface area contributed by atoms with Crippen LogP contribution >= 0.6 is 22.7 Å². The number of rotatable bonds is 7. The summed E-state index contributed by atoms with van der Waals surface area (Å²) in [4.78, 5) is 25.8. The summed E-state index contributed by atoms with van der Waals surface area (Å²) in [7, 11) is 0. The van der Waals surface area contributed by atoms with Gasteiger partial charge in [0.05, 0.1) is 6.04 Å². The van der Waals surface area contributed by atoms with E-state index < -0.39 is 24.5 Å². The van der Waals surface area contributed by atoms with Crippen molar-refractivity contribution < 1.29 is 18.7 Å². The molecule has 0 unspecified atom stereocenters. The van der Waals surface area contributed by atoms with Crippen molar-refractivity contribution >= 4 is 40.6 Å². The Balaban J connectivity index is 1.59. The summed E-state index contributed by atoms with van der Waals surface area (Å²) in [6.45, 7) is -0.392. The Kier molecular flexibility index (Phi) is 6.51. The lowest BCUT2D eigenvalue weighted by molar-refractivity contribution is -0.143. The highest BCUT2D eigenvalue weighted by Gasteiger charge is 2.18. The van der Waals surface area contributed by atoms with Crippen molar-refractivity contribution in [2.75, 3.05) is 6.61 Å². The highest BCUT2D eigenvalue weighted by Crippen LogP contribution is 2.26. The summed E-state index contributed by atoms with van der Waals surface area (Å²) >= 11 is 2.97. The second-order valence-electron chi connectivity index (χ2n) is 5.52. The van der Waals surface area contributed by atoms with Gasteiger partial charge in [0.1, 0.15) is 5.82 Å². The maximum Gasteiger partial charge on any atom is 0.331 e. The third-order valence-corrected chi connectivity index (χ3v) is 5.38. The molecule has 0 bridgehead atoms. The number of hydrogen-bond donors (Lipinski definition) is 1. The van der Waals surface area contributed by atoms with Crippen LogP contribution in [0, 0.1) is 5.82 Å². The highest BCUT2D eigenvalue weighted by molar-refractivity contribution is 7.10. The zero-order valence-electron chi connectivity index (χ0n) is 14.1. The number of halogens is 1. The first-order valence-electron chi connectivity index (χ1n) is 8.08. The molecule has 1 aromatic carbocycles. The van der Waals surface area contributed by atoms with E-state index in [1.54, 1.807) is 18.2 Å². The largest absolute Gasteiger partial charge is 0.452 e. The van der Waals surface area contributed by atoms with Crippen molar-refractivity contribution in [2.45, 2.75) is 6.04 Å². The van der Waals surface area contributed by atoms with Crippen LogP contribution in [-0.4, -0.2) is 18.5 Å². The minimum atomic E-state index is -0.590. The Labute approximate surface area is 163 Å². The lowest BCUT2D eigenvalue weighted by atomic mass is 10.1. The number of hydrogen-bond acceptors (Lipinski definition) is 5. The molecule has 0 saturated heterocycles. The van der Waals surface area contributed by atoms with Gasteiger partial charge >= 0.3 is 5.97 Å². The van der Waals surface area contributed by atoms with Crippen LogP contribution in [0.1, 0.15) is 21.4 Å². The van der Waals surface area contributed by atoms with Gasteiger partial charge in [0.15, 0.2) is 6.61 Å². The van der Waals surface area contributed by atoms with Crippen LogP contribution in [-0.2, 0) is 14.3 Å². The summed E-state index contributed by atoms with van der Waals surface area (Å²) in [5.74, 6) is -1.37. The Bertz CT molecular complexity index is 903. The van der Waals surface area contributed by atoms with Crippen molar-refractivity contribution in [1.82, 2.24) is 5.32 Å². The predicted octanol–water partition coefficient (Wildman–Crippen LogP) is 4.41. The highest BCUT2D eigenvalue weighted by atomic mass is 32.1. The monoisotopic (exact) mass is 401 g/mol. The van der Waals surface area contributed by atoms with Gasteiger partial charge in [-0.25, -0.2) is 9.18 Å². The molecule has 27 heavy (non-hydrogen) atoms. The summed E-state index contributed by atoms with van der Waals surface area (Å²) in [5.41, 5.74) is 0.746. The molecule has 1 amide bonds. The molecule has 138 valence electrons. The van der Waals surface area contributed by atoms with E-state index in [2.05, 4.69) is 5.32 Å². The normalized spacial score (nSPS) is 12.0. The molecule has 3 aromatic rings. The number of carbonyl (C=O) groups is 2. The fourth-order valence-corrected chi connectivity index (χ4v) is 3.77. The molecular formula is C20H16FNO3S2. The standard InChI is InChI=1S/C20H16FNO3S2/c21-15-7-5-14(6-8-15)20(17-4-2-12-27-17)22-18(23)13-25-19(24)10-9-16-3-1-11-26-16/h1-12,20H,13H2,(H,22,23)/b10-9+/t20-/m1/s1. The van der Waals surface area contributed by atoms with E-state index in [1.807, 2.05) is 35.0 Å². The molecule has 0 radical (unpaired) electrons. The van der Waals surface area contributed by atoms with E-state index >= 15 is 0 Å². The van der Waals surface area contributed by atoms with E-state index in [-0.39, 0.29) is 5.82 Å². The van der Waals surface area contributed by atoms with Gasteiger partial charge in [0.2, 0.25) is 0 Å². The fraction of sp³-hybridized carbons (Fsp3) is 0.100. The summed E-state index contributed by atoms with van der Waals surface area (Å²) in [6.07, 6.45) is 2.92. The van der Waals surface area contributed by atoms with E-state index in [0.29, 0.717) is 0 Å². The summed E-state index contributed by atoms with van der Waals surface area (Å²) < 4.78 is 18.2. The number of benzene rings is 1. The van der Waals surface area contributed by atoms with Gasteiger partial charge in [-0.3, -0.25) is 4.79 Å². The number of carbonyl (C=O) groups excluding carboxylic acids is 2. The van der Waals surface area contributed by atoms with Crippen LogP contribution in [0.3, 0.4) is 0 Å². The predicted molar refractivity (Wildman–Crippen MR) is 105 cm³/mol. The lowest BCUT2D eigenvalue weighted by Crippen LogP contribution is -2.32. The molecule has 0 aliphatic rings. The second kappa shape index (κ2) is 9.25. The van der Waals surface area contributed by atoms with Crippen molar-refractivity contribution in [3.63, 3.8) is 0 Å². The Morgan fingerprint density at radius 2 is 1.81 bits per heavy atom. The van der Waals surface area contributed by atoms with E-state index in [0.717, 1.165) is 15.3 Å². The zero-order valence-corrected chi connectivity index (χ0v) is 15.8. The zero-order chi connectivity index (χ0) is 19.1. The molecule has 2 aromatic heterocycles. The molecule has 7 heteroatoms. The van der Waals surface area contributed by atoms with Gasteiger partial charge in [-0.2, -0.15) is 0 Å². The number of ether oxygens (including phenoxy) is 1. The van der Waals surface area contributed by atoms with Crippen LogP contribution in [0.2, 0.25) is 0 Å². The molecule has 1 atom stereocenters. The van der Waals surface area contributed by atoms with E-state index in [1.165, 1.54) is 40.9 Å². The minimum Gasteiger partial charge on any atom is -0.452 e. The number of nitrogens with one attached hydrogen (secondary N) is 1. The van der Waals surface area contributed by atoms with Crippen molar-refractivity contribution in [3.8, 4) is 0 Å². The van der Waals surface area contributed by atoms with Gasteiger partial charge in [-0.1, -0.05) is 24.3 Å². The fourth-order valence-electron chi connectivity index (χ4n) is 2.35. The molecule has 0 aliphatic carbocycles. The number of amides is 1. The van der Waals surface area contributed by atoms with Crippen LogP contribution in [0.4, 0.5) is 4.39 Å². The first kappa shape index (κ1) is 19.0. The van der Waals surface area contributed by atoms with Crippen LogP contribution in [0.15, 0.2) is 65.4 Å². The molecular weight excluding hydrogens is 385 g/mol. The van der Waals surface area contributed by atoms with Gasteiger partial charge in [-0.05, 0) is 46.7 Å². The Morgan fingerprint density at radius 1 is 1.07 bits per heavy atom. The first-order chi connectivity index (χ1) is 13.1. The van der Waals surface area contributed by atoms with Crippen LogP contribution in [0.5, 0.6) is 0 Å². The Morgan fingerprint density at radius 3 is 2.48 bits per heavy atom. The van der Waals surface area contributed by atoms with E-state index in [4.69, 9.17) is 4.74 Å². The quantitative estimate of drug-likeness (QED) is 0.471. The lowest BCUT2D eigenvalue weighted by Gasteiger charge is -2.18. The Hall–Kier alpha value is -2.77. The molecule has 4 nitrogen and oxygen atoms in total. The van der Waals surface area contributed by atoms with Crippen LogP contribution in [0.25, 0.3) is 6.08 Å². The minimum absolute atomic E-state index is 0.346. The van der Waals surface area contributed by atoms with Gasteiger partial charge in [-0.15, -0.1) is 22.7 Å². The summed E-state index contributed by atoms with van der Waals surface area (Å²) in [5, 5.41) is 6.63. The van der Waals surface area contributed by atoms with Crippen LogP contribution < -0.4 is 5.32 Å². The third-order valence-electron chi connectivity index (χ3n) is 3.61. The van der Waals surface area contributed by atoms with Crippen molar-refractivity contribution in [3.05, 3.63) is 86.5 Å². The first-order valence-corrected chi connectivity index (χ1v) is 9.84.